The molecule has 2 N–H and O–H groups in total. The fraction of sp³-hybridized carbons (Fsp3) is 0.533. The molecule has 0 aromatic heterocycles. The van der Waals surface area contributed by atoms with Crippen molar-refractivity contribution in [3.63, 3.8) is 0 Å². The predicted octanol–water partition coefficient (Wildman–Crippen LogP) is 2.12. The molecule has 0 saturated heterocycles. The second-order valence-electron chi connectivity index (χ2n) is 5.29. The molecule has 5 heteroatoms. The third-order valence-electron chi connectivity index (χ3n) is 3.48. The van der Waals surface area contributed by atoms with Crippen LogP contribution in [0.5, 0.6) is 11.5 Å². The van der Waals surface area contributed by atoms with Gasteiger partial charge in [-0.05, 0) is 30.5 Å². The van der Waals surface area contributed by atoms with Gasteiger partial charge in [0.05, 0.1) is 0 Å². The fourth-order valence-corrected chi connectivity index (χ4v) is 1.81. The molecule has 2 rings (SSSR count). The van der Waals surface area contributed by atoms with Crippen LogP contribution in [0.3, 0.4) is 0 Å². The number of nitrogens with one attached hydrogen (secondary N) is 2. The van der Waals surface area contributed by atoms with Gasteiger partial charge < -0.3 is 20.1 Å². The summed E-state index contributed by atoms with van der Waals surface area (Å²) in [5.74, 6) is 2.98. The first-order valence-electron chi connectivity index (χ1n) is 6.96. The third-order valence-corrected chi connectivity index (χ3v) is 3.48. The Hall–Kier alpha value is -1.91. The minimum atomic E-state index is 0.307. The summed E-state index contributed by atoms with van der Waals surface area (Å²) in [6.07, 6.45) is 0. The number of rotatable bonds is 4. The van der Waals surface area contributed by atoms with Gasteiger partial charge in [0.1, 0.15) is 0 Å². The number of fused-ring (bicyclic) bond motifs is 1. The van der Waals surface area contributed by atoms with Crippen LogP contribution in [0.15, 0.2) is 23.2 Å². The van der Waals surface area contributed by atoms with Gasteiger partial charge >= 0.3 is 0 Å². The molecule has 0 aliphatic carbocycles. The summed E-state index contributed by atoms with van der Waals surface area (Å²) in [5.41, 5.74) is 1.13. The molecule has 1 unspecified atom stereocenters. The molecule has 1 aliphatic rings. The lowest BCUT2D eigenvalue weighted by atomic mass is 10.1. The van der Waals surface area contributed by atoms with Gasteiger partial charge in [-0.25, -0.2) is 0 Å². The molecule has 1 heterocycles. The molecule has 0 radical (unpaired) electrons. The molecule has 0 saturated carbocycles. The molecule has 0 bridgehead atoms. The first-order valence-corrected chi connectivity index (χ1v) is 6.96. The van der Waals surface area contributed by atoms with E-state index in [1.54, 1.807) is 7.05 Å². The first-order chi connectivity index (χ1) is 9.60. The van der Waals surface area contributed by atoms with Crippen molar-refractivity contribution in [2.24, 2.45) is 10.9 Å². The van der Waals surface area contributed by atoms with Crippen LogP contribution in [0.2, 0.25) is 0 Å². The summed E-state index contributed by atoms with van der Waals surface area (Å²) >= 11 is 0. The fourth-order valence-electron chi connectivity index (χ4n) is 1.81. The highest BCUT2D eigenvalue weighted by atomic mass is 16.7. The number of benzene rings is 1. The van der Waals surface area contributed by atoms with Crippen molar-refractivity contribution in [3.05, 3.63) is 23.8 Å². The summed E-state index contributed by atoms with van der Waals surface area (Å²) in [5, 5.41) is 6.68. The van der Waals surface area contributed by atoms with Gasteiger partial charge in [0, 0.05) is 19.6 Å². The maximum Gasteiger partial charge on any atom is 0.231 e. The van der Waals surface area contributed by atoms with Crippen LogP contribution in [0.1, 0.15) is 26.3 Å². The molecule has 20 heavy (non-hydrogen) atoms. The highest BCUT2D eigenvalue weighted by Gasteiger charge is 2.13. The van der Waals surface area contributed by atoms with Crippen LogP contribution in [0, 0.1) is 5.92 Å². The largest absolute Gasteiger partial charge is 0.454 e. The summed E-state index contributed by atoms with van der Waals surface area (Å²) in [6, 6.07) is 6.33. The molecular formula is C15H23N3O2. The lowest BCUT2D eigenvalue weighted by Crippen LogP contribution is -2.43. The Bertz CT molecular complexity index is 486. The normalized spacial score (nSPS) is 15.3. The van der Waals surface area contributed by atoms with Crippen molar-refractivity contribution < 1.29 is 9.47 Å². The van der Waals surface area contributed by atoms with Crippen molar-refractivity contribution in [3.8, 4) is 11.5 Å². The van der Waals surface area contributed by atoms with Gasteiger partial charge in [0.2, 0.25) is 6.79 Å². The Morgan fingerprint density at radius 2 is 2.00 bits per heavy atom. The van der Waals surface area contributed by atoms with Crippen molar-refractivity contribution in [1.29, 1.82) is 0 Å². The molecular weight excluding hydrogens is 254 g/mol. The standard InChI is InChI=1S/C15H23N3O2/c1-10(2)11(3)18-15(16-4)17-8-12-5-6-13-14(7-12)20-9-19-13/h5-7,10-11H,8-9H2,1-4H3,(H2,16,17,18). The third kappa shape index (κ3) is 3.56. The SMILES string of the molecule is CN=C(NCc1ccc2c(c1)OCO2)NC(C)C(C)C. The Morgan fingerprint density at radius 1 is 1.25 bits per heavy atom. The van der Waals surface area contributed by atoms with E-state index in [-0.39, 0.29) is 0 Å². The molecule has 1 aromatic rings. The zero-order valence-corrected chi connectivity index (χ0v) is 12.6. The average molecular weight is 277 g/mol. The molecule has 110 valence electrons. The molecule has 1 aliphatic heterocycles. The van der Waals surface area contributed by atoms with E-state index >= 15 is 0 Å². The van der Waals surface area contributed by atoms with Crippen molar-refractivity contribution >= 4 is 5.96 Å². The van der Waals surface area contributed by atoms with E-state index in [1.807, 2.05) is 18.2 Å². The second kappa shape index (κ2) is 6.50. The van der Waals surface area contributed by atoms with Crippen LogP contribution < -0.4 is 20.1 Å². The molecule has 5 nitrogen and oxygen atoms in total. The summed E-state index contributed by atoms with van der Waals surface area (Å²) in [6.45, 7) is 7.52. The van der Waals surface area contributed by atoms with E-state index in [0.717, 1.165) is 23.0 Å². The van der Waals surface area contributed by atoms with E-state index in [9.17, 15) is 0 Å². The summed E-state index contributed by atoms with van der Waals surface area (Å²) in [4.78, 5) is 4.24. The Morgan fingerprint density at radius 3 is 2.70 bits per heavy atom. The predicted molar refractivity (Wildman–Crippen MR) is 80.2 cm³/mol. The molecule has 0 amide bonds. The lowest BCUT2D eigenvalue weighted by molar-refractivity contribution is 0.174. The van der Waals surface area contributed by atoms with Crippen LogP contribution in [-0.2, 0) is 6.54 Å². The second-order valence-corrected chi connectivity index (χ2v) is 5.29. The quantitative estimate of drug-likeness (QED) is 0.654. The maximum atomic E-state index is 5.37. The van der Waals surface area contributed by atoms with E-state index in [2.05, 4.69) is 36.4 Å². The highest BCUT2D eigenvalue weighted by Crippen LogP contribution is 2.32. The van der Waals surface area contributed by atoms with Crippen molar-refractivity contribution in [2.45, 2.75) is 33.4 Å². The molecule has 0 spiro atoms. The van der Waals surface area contributed by atoms with Gasteiger partial charge in [-0.3, -0.25) is 4.99 Å². The highest BCUT2D eigenvalue weighted by molar-refractivity contribution is 5.79. The Balaban J connectivity index is 1.90. The average Bonchev–Trinajstić information content (AvgIpc) is 2.90. The van der Waals surface area contributed by atoms with E-state index in [4.69, 9.17) is 9.47 Å². The van der Waals surface area contributed by atoms with Gasteiger partial charge in [-0.15, -0.1) is 0 Å². The van der Waals surface area contributed by atoms with Crippen LogP contribution in [0.4, 0.5) is 0 Å². The van der Waals surface area contributed by atoms with Gasteiger partial charge in [-0.1, -0.05) is 19.9 Å². The van der Waals surface area contributed by atoms with Gasteiger partial charge in [0.25, 0.3) is 0 Å². The van der Waals surface area contributed by atoms with Gasteiger partial charge in [0.15, 0.2) is 17.5 Å². The van der Waals surface area contributed by atoms with E-state index in [1.165, 1.54) is 0 Å². The monoisotopic (exact) mass is 277 g/mol. The number of aliphatic imine (C=N–C) groups is 1. The minimum absolute atomic E-state index is 0.307. The number of guanidine groups is 1. The van der Waals surface area contributed by atoms with Crippen LogP contribution >= 0.6 is 0 Å². The maximum absolute atomic E-state index is 5.37. The summed E-state index contributed by atoms with van der Waals surface area (Å²) in [7, 11) is 1.78. The Labute approximate surface area is 120 Å². The van der Waals surface area contributed by atoms with Crippen LogP contribution in [0.25, 0.3) is 0 Å². The number of nitrogens with zero attached hydrogens (tertiary/aromatic N) is 1. The van der Waals surface area contributed by atoms with Gasteiger partial charge in [-0.2, -0.15) is 0 Å². The molecule has 1 atom stereocenters. The zero-order valence-electron chi connectivity index (χ0n) is 12.6. The van der Waals surface area contributed by atoms with Crippen molar-refractivity contribution in [2.75, 3.05) is 13.8 Å². The lowest BCUT2D eigenvalue weighted by Gasteiger charge is -2.20. The van der Waals surface area contributed by atoms with E-state index < -0.39 is 0 Å². The van der Waals surface area contributed by atoms with E-state index in [0.29, 0.717) is 25.3 Å². The molecule has 1 aromatic carbocycles. The zero-order chi connectivity index (χ0) is 14.5. The minimum Gasteiger partial charge on any atom is -0.454 e. The molecule has 0 fully saturated rings. The number of ether oxygens (including phenoxy) is 2. The first kappa shape index (κ1) is 14.5. The number of hydrogen-bond acceptors (Lipinski definition) is 3. The number of hydrogen-bond donors (Lipinski definition) is 2. The van der Waals surface area contributed by atoms with Crippen molar-refractivity contribution in [1.82, 2.24) is 10.6 Å². The van der Waals surface area contributed by atoms with Crippen LogP contribution in [-0.4, -0.2) is 25.8 Å². The summed E-state index contributed by atoms with van der Waals surface area (Å²) < 4.78 is 10.7. The topological polar surface area (TPSA) is 54.9 Å². The smallest absolute Gasteiger partial charge is 0.231 e. The Kier molecular flexibility index (Phi) is 4.71.